The second-order valence-corrected chi connectivity index (χ2v) is 7.82. The van der Waals surface area contributed by atoms with Gasteiger partial charge in [-0.3, -0.25) is 10.2 Å². The summed E-state index contributed by atoms with van der Waals surface area (Å²) in [6, 6.07) is 5.72. The van der Waals surface area contributed by atoms with Crippen molar-refractivity contribution in [3.63, 3.8) is 0 Å². The summed E-state index contributed by atoms with van der Waals surface area (Å²) < 4.78 is 5.34. The van der Waals surface area contributed by atoms with Crippen molar-refractivity contribution in [2.45, 2.75) is 39.0 Å². The maximum Gasteiger partial charge on any atom is 0.313 e. The predicted octanol–water partition coefficient (Wildman–Crippen LogP) is 3.00. The monoisotopic (exact) mass is 383 g/mol. The summed E-state index contributed by atoms with van der Waals surface area (Å²) in [6.45, 7) is 7.93. The molecule has 0 unspecified atom stereocenters. The Morgan fingerprint density at radius 2 is 2.08 bits per heavy atom. The minimum Gasteiger partial charge on any atom is -0.496 e. The van der Waals surface area contributed by atoms with Crippen LogP contribution in [0.4, 0.5) is 0 Å². The highest BCUT2D eigenvalue weighted by atomic mass is 32.2. The van der Waals surface area contributed by atoms with E-state index in [1.165, 1.54) is 11.8 Å². The van der Waals surface area contributed by atoms with Gasteiger partial charge in [-0.2, -0.15) is 5.10 Å². The van der Waals surface area contributed by atoms with E-state index in [9.17, 15) is 4.79 Å². The molecule has 0 aliphatic rings. The van der Waals surface area contributed by atoms with Crippen molar-refractivity contribution in [3.05, 3.63) is 29.3 Å². The van der Waals surface area contributed by atoms with Crippen LogP contribution < -0.4 is 15.5 Å². The zero-order chi connectivity index (χ0) is 19.0. The smallest absolute Gasteiger partial charge is 0.313 e. The van der Waals surface area contributed by atoms with Crippen molar-refractivity contribution in [1.29, 1.82) is 0 Å². The van der Waals surface area contributed by atoms with Crippen LogP contribution in [0, 0.1) is 0 Å². The van der Waals surface area contributed by atoms with Gasteiger partial charge in [0, 0.05) is 16.9 Å². The maximum absolute atomic E-state index is 10.7. The van der Waals surface area contributed by atoms with Gasteiger partial charge in [0.25, 0.3) is 0 Å². The van der Waals surface area contributed by atoms with E-state index in [0.717, 1.165) is 22.6 Å². The number of nitrogens with zero attached hydrogens (tertiary/aromatic N) is 1. The highest BCUT2D eigenvalue weighted by Gasteiger charge is 2.11. The fourth-order valence-corrected chi connectivity index (χ4v) is 3.01. The van der Waals surface area contributed by atoms with E-state index >= 15 is 0 Å². The summed E-state index contributed by atoms with van der Waals surface area (Å²) in [4.78, 5) is 10.7. The third-order valence-corrected chi connectivity index (χ3v) is 4.15. The molecule has 0 amide bonds. The van der Waals surface area contributed by atoms with Gasteiger partial charge in [-0.05, 0) is 63.7 Å². The molecule has 25 heavy (non-hydrogen) atoms. The highest BCUT2D eigenvalue weighted by Crippen LogP contribution is 2.25. The number of hydrogen-bond acceptors (Lipinski definition) is 5. The molecule has 0 radical (unpaired) electrons. The molecule has 0 aliphatic carbocycles. The van der Waals surface area contributed by atoms with Crippen LogP contribution >= 0.6 is 24.0 Å². The van der Waals surface area contributed by atoms with Crippen LogP contribution in [0.5, 0.6) is 5.75 Å². The predicted molar refractivity (Wildman–Crippen MR) is 108 cm³/mol. The Labute approximate surface area is 158 Å². The fraction of sp³-hybridized carbons (Fsp3) is 0.471. The van der Waals surface area contributed by atoms with E-state index in [0.29, 0.717) is 10.9 Å². The Bertz CT molecular complexity index is 655. The average molecular weight is 384 g/mol. The number of ether oxygens (including phenoxy) is 1. The standard InChI is InChI=1S/C17H25N3O3S2/c1-11(19-20-16(24)18-17(2,3)4)12-6-7-14(23-5)13(8-12)9-25-10-15(21)22/h6-8H,9-10H2,1-5H3,(H,21,22)(H2,18,20,24)/b19-11-. The Morgan fingerprint density at radius 1 is 1.40 bits per heavy atom. The molecule has 0 spiro atoms. The van der Waals surface area contributed by atoms with Gasteiger partial charge in [0.1, 0.15) is 5.75 Å². The molecule has 0 aliphatic heterocycles. The normalized spacial score (nSPS) is 11.8. The van der Waals surface area contributed by atoms with Gasteiger partial charge >= 0.3 is 5.97 Å². The van der Waals surface area contributed by atoms with Gasteiger partial charge in [0.2, 0.25) is 0 Å². The van der Waals surface area contributed by atoms with Crippen molar-refractivity contribution in [2.24, 2.45) is 5.10 Å². The summed E-state index contributed by atoms with van der Waals surface area (Å²) in [5.74, 6) is 0.497. The maximum atomic E-state index is 10.7. The number of thiocarbonyl (C=S) groups is 1. The van der Waals surface area contributed by atoms with Gasteiger partial charge in [-0.25, -0.2) is 0 Å². The van der Waals surface area contributed by atoms with Crippen LogP contribution in [0.25, 0.3) is 0 Å². The van der Waals surface area contributed by atoms with Gasteiger partial charge in [-0.15, -0.1) is 11.8 Å². The lowest BCUT2D eigenvalue weighted by molar-refractivity contribution is -0.133. The zero-order valence-electron chi connectivity index (χ0n) is 15.2. The average Bonchev–Trinajstić information content (AvgIpc) is 2.50. The first-order valence-corrected chi connectivity index (χ1v) is 9.28. The number of thioether (sulfide) groups is 1. The number of carboxylic acid groups (broad SMARTS) is 1. The van der Waals surface area contributed by atoms with Crippen molar-refractivity contribution in [3.8, 4) is 5.75 Å². The van der Waals surface area contributed by atoms with Crippen LogP contribution in [0.1, 0.15) is 38.8 Å². The SMILES string of the molecule is COc1ccc(/C(C)=N\NC(=S)NC(C)(C)C)cc1CSCC(=O)O. The third-order valence-electron chi connectivity index (χ3n) is 2.99. The molecule has 138 valence electrons. The van der Waals surface area contributed by atoms with Crippen LogP contribution in [0.3, 0.4) is 0 Å². The number of hydrazone groups is 1. The van der Waals surface area contributed by atoms with E-state index < -0.39 is 5.97 Å². The molecular formula is C17H25N3O3S2. The summed E-state index contributed by atoms with van der Waals surface area (Å²) in [5.41, 5.74) is 5.31. The van der Waals surface area contributed by atoms with Crippen LogP contribution in [-0.4, -0.2) is 40.3 Å². The highest BCUT2D eigenvalue weighted by molar-refractivity contribution is 7.99. The number of carbonyl (C=O) groups is 1. The molecule has 6 nitrogen and oxygen atoms in total. The number of hydrogen-bond donors (Lipinski definition) is 3. The quantitative estimate of drug-likeness (QED) is 0.379. The van der Waals surface area contributed by atoms with Crippen LogP contribution in [0.2, 0.25) is 0 Å². The van der Waals surface area contributed by atoms with Gasteiger partial charge in [0.05, 0.1) is 18.6 Å². The van der Waals surface area contributed by atoms with E-state index in [4.69, 9.17) is 22.1 Å². The molecule has 0 heterocycles. The molecule has 0 aromatic heterocycles. The Morgan fingerprint density at radius 3 is 2.64 bits per heavy atom. The first-order valence-electron chi connectivity index (χ1n) is 7.71. The van der Waals surface area contributed by atoms with Crippen molar-refractivity contribution < 1.29 is 14.6 Å². The fourth-order valence-electron chi connectivity index (χ4n) is 1.93. The number of benzene rings is 1. The van der Waals surface area contributed by atoms with Gasteiger partial charge in [0.15, 0.2) is 5.11 Å². The minimum absolute atomic E-state index is 0.0503. The number of aliphatic carboxylic acids is 1. The largest absolute Gasteiger partial charge is 0.496 e. The van der Waals surface area contributed by atoms with E-state index in [2.05, 4.69) is 15.8 Å². The van der Waals surface area contributed by atoms with E-state index in [1.807, 2.05) is 45.9 Å². The molecule has 3 N–H and O–H groups in total. The van der Waals surface area contributed by atoms with Crippen molar-refractivity contribution in [2.75, 3.05) is 12.9 Å². The van der Waals surface area contributed by atoms with Gasteiger partial charge in [-0.1, -0.05) is 0 Å². The van der Waals surface area contributed by atoms with Crippen LogP contribution in [-0.2, 0) is 10.5 Å². The Balaban J connectivity index is 2.83. The molecule has 0 saturated carbocycles. The first kappa shape index (κ1) is 21.2. The summed E-state index contributed by atoms with van der Waals surface area (Å²) in [6.07, 6.45) is 0. The molecule has 0 bridgehead atoms. The number of carboxylic acids is 1. The number of rotatable bonds is 7. The van der Waals surface area contributed by atoms with Crippen molar-refractivity contribution in [1.82, 2.24) is 10.7 Å². The number of methoxy groups -OCH3 is 1. The summed E-state index contributed by atoms with van der Waals surface area (Å²) >= 11 is 6.53. The second kappa shape index (κ2) is 9.62. The lowest BCUT2D eigenvalue weighted by Gasteiger charge is -2.21. The zero-order valence-corrected chi connectivity index (χ0v) is 16.8. The Kier molecular flexibility index (Phi) is 8.18. The second-order valence-electron chi connectivity index (χ2n) is 6.43. The topological polar surface area (TPSA) is 83.0 Å². The van der Waals surface area contributed by atoms with Gasteiger partial charge < -0.3 is 15.2 Å². The first-order chi connectivity index (χ1) is 11.6. The molecule has 1 rings (SSSR count). The van der Waals surface area contributed by atoms with Crippen molar-refractivity contribution >= 4 is 40.8 Å². The third kappa shape index (κ3) is 8.22. The van der Waals surface area contributed by atoms with E-state index in [-0.39, 0.29) is 11.3 Å². The molecule has 8 heteroatoms. The molecule has 0 fully saturated rings. The number of nitrogens with one attached hydrogen (secondary N) is 2. The summed E-state index contributed by atoms with van der Waals surface area (Å²) in [7, 11) is 1.60. The molecule has 1 aromatic carbocycles. The minimum atomic E-state index is -0.832. The molecule has 0 atom stereocenters. The lowest BCUT2D eigenvalue weighted by atomic mass is 10.1. The Hall–Kier alpha value is -1.80. The summed E-state index contributed by atoms with van der Waals surface area (Å²) in [5, 5.41) is 16.7. The molecule has 1 aromatic rings. The molecular weight excluding hydrogens is 358 g/mol. The molecule has 0 saturated heterocycles. The van der Waals surface area contributed by atoms with E-state index in [1.54, 1.807) is 7.11 Å². The van der Waals surface area contributed by atoms with Crippen LogP contribution in [0.15, 0.2) is 23.3 Å². The lowest BCUT2D eigenvalue weighted by Crippen LogP contribution is -2.44.